The van der Waals surface area contributed by atoms with Crippen LogP contribution in [-0.2, 0) is 6.42 Å². The molecule has 0 unspecified atom stereocenters. The van der Waals surface area contributed by atoms with Gasteiger partial charge in [-0.2, -0.15) is 0 Å². The van der Waals surface area contributed by atoms with Gasteiger partial charge in [0.1, 0.15) is 5.01 Å². The van der Waals surface area contributed by atoms with Crippen molar-refractivity contribution in [3.05, 3.63) is 10.0 Å². The molecule has 1 aromatic rings. The summed E-state index contributed by atoms with van der Waals surface area (Å²) in [5.74, 6) is 0.631. The van der Waals surface area contributed by atoms with E-state index in [9.17, 15) is 8.78 Å². The van der Waals surface area contributed by atoms with E-state index in [4.69, 9.17) is 0 Å². The summed E-state index contributed by atoms with van der Waals surface area (Å²) in [6.45, 7) is 6.17. The molecule has 92 valence electrons. The average Bonchev–Trinajstić information content (AvgIpc) is 2.65. The molecule has 0 aromatic carbocycles. The monoisotopic (exact) mass is 249 g/mol. The normalized spacial score (nSPS) is 11.6. The fourth-order valence-electron chi connectivity index (χ4n) is 1.21. The summed E-state index contributed by atoms with van der Waals surface area (Å²) in [5.41, 5.74) is 0. The predicted molar refractivity (Wildman–Crippen MR) is 60.9 cm³/mol. The molecular formula is C10H17F2N3S. The molecule has 0 bridgehead atoms. The second-order valence-corrected chi connectivity index (χ2v) is 5.13. The Bertz CT molecular complexity index is 302. The summed E-state index contributed by atoms with van der Waals surface area (Å²) in [7, 11) is 0. The lowest BCUT2D eigenvalue weighted by atomic mass is 10.2. The first-order valence-corrected chi connectivity index (χ1v) is 6.22. The third kappa shape index (κ3) is 4.94. The number of nitrogens with zero attached hydrogens (tertiary/aromatic N) is 2. The zero-order chi connectivity index (χ0) is 12.0. The minimum atomic E-state index is -2.50. The highest BCUT2D eigenvalue weighted by molar-refractivity contribution is 7.11. The molecule has 1 rings (SSSR count). The highest BCUT2D eigenvalue weighted by atomic mass is 32.1. The SMILES string of the molecule is CC(C)CNCCCc1nnc(C(F)F)s1. The van der Waals surface area contributed by atoms with Crippen LogP contribution in [0, 0.1) is 5.92 Å². The Morgan fingerprint density at radius 2 is 2.06 bits per heavy atom. The molecule has 1 N–H and O–H groups in total. The second-order valence-electron chi connectivity index (χ2n) is 4.04. The zero-order valence-corrected chi connectivity index (χ0v) is 10.4. The number of aryl methyl sites for hydroxylation is 1. The minimum absolute atomic E-state index is 0.176. The summed E-state index contributed by atoms with van der Waals surface area (Å²) < 4.78 is 24.4. The number of rotatable bonds is 7. The summed E-state index contributed by atoms with van der Waals surface area (Å²) in [6, 6.07) is 0. The van der Waals surface area contributed by atoms with E-state index in [1.807, 2.05) is 0 Å². The highest BCUT2D eigenvalue weighted by Gasteiger charge is 2.13. The molecule has 0 atom stereocenters. The third-order valence-corrected chi connectivity index (χ3v) is 2.96. The molecule has 0 aliphatic heterocycles. The molecule has 16 heavy (non-hydrogen) atoms. The minimum Gasteiger partial charge on any atom is -0.316 e. The van der Waals surface area contributed by atoms with Gasteiger partial charge in [-0.1, -0.05) is 25.2 Å². The molecule has 0 radical (unpaired) electrons. The fraction of sp³-hybridized carbons (Fsp3) is 0.800. The van der Waals surface area contributed by atoms with Crippen LogP contribution in [0.2, 0.25) is 0 Å². The molecule has 0 spiro atoms. The van der Waals surface area contributed by atoms with E-state index in [2.05, 4.69) is 29.4 Å². The second kappa shape index (κ2) is 6.85. The molecule has 6 heteroatoms. The summed E-state index contributed by atoms with van der Waals surface area (Å²) in [5, 5.41) is 11.0. The summed E-state index contributed by atoms with van der Waals surface area (Å²) >= 11 is 1.01. The number of hydrogen-bond donors (Lipinski definition) is 1. The number of alkyl halides is 2. The van der Waals surface area contributed by atoms with Crippen LogP contribution >= 0.6 is 11.3 Å². The van der Waals surface area contributed by atoms with E-state index >= 15 is 0 Å². The number of nitrogens with one attached hydrogen (secondary N) is 1. The van der Waals surface area contributed by atoms with E-state index < -0.39 is 6.43 Å². The van der Waals surface area contributed by atoms with Gasteiger partial charge in [-0.05, 0) is 25.4 Å². The maximum atomic E-state index is 12.2. The Morgan fingerprint density at radius 3 is 2.62 bits per heavy atom. The zero-order valence-electron chi connectivity index (χ0n) is 9.54. The lowest BCUT2D eigenvalue weighted by molar-refractivity contribution is 0.150. The van der Waals surface area contributed by atoms with Gasteiger partial charge in [-0.3, -0.25) is 0 Å². The number of aromatic nitrogens is 2. The quantitative estimate of drug-likeness (QED) is 0.755. The van der Waals surface area contributed by atoms with Gasteiger partial charge in [-0.15, -0.1) is 10.2 Å². The van der Waals surface area contributed by atoms with Crippen molar-refractivity contribution < 1.29 is 8.78 Å². The maximum absolute atomic E-state index is 12.2. The van der Waals surface area contributed by atoms with Gasteiger partial charge in [0.15, 0.2) is 5.01 Å². The van der Waals surface area contributed by atoms with Crippen molar-refractivity contribution in [1.29, 1.82) is 0 Å². The van der Waals surface area contributed by atoms with Crippen LogP contribution in [0.25, 0.3) is 0 Å². The van der Waals surface area contributed by atoms with Crippen molar-refractivity contribution in [2.24, 2.45) is 5.92 Å². The first-order valence-electron chi connectivity index (χ1n) is 5.40. The van der Waals surface area contributed by atoms with Crippen molar-refractivity contribution in [1.82, 2.24) is 15.5 Å². The molecule has 0 fully saturated rings. The van der Waals surface area contributed by atoms with Gasteiger partial charge in [0.25, 0.3) is 6.43 Å². The third-order valence-electron chi connectivity index (χ3n) is 1.97. The van der Waals surface area contributed by atoms with E-state index in [0.29, 0.717) is 10.9 Å². The first kappa shape index (κ1) is 13.4. The highest BCUT2D eigenvalue weighted by Crippen LogP contribution is 2.22. The van der Waals surface area contributed by atoms with Crippen LogP contribution in [0.1, 0.15) is 36.7 Å². The molecular weight excluding hydrogens is 232 g/mol. The lowest BCUT2D eigenvalue weighted by Gasteiger charge is -2.05. The Kier molecular flexibility index (Phi) is 5.76. The molecule has 0 saturated carbocycles. The van der Waals surface area contributed by atoms with Crippen LogP contribution in [0.5, 0.6) is 0 Å². The van der Waals surface area contributed by atoms with Crippen molar-refractivity contribution in [2.75, 3.05) is 13.1 Å². The van der Waals surface area contributed by atoms with Crippen molar-refractivity contribution >= 4 is 11.3 Å². The fourth-order valence-corrected chi connectivity index (χ4v) is 1.95. The molecule has 0 aliphatic rings. The van der Waals surface area contributed by atoms with Crippen LogP contribution in [-0.4, -0.2) is 23.3 Å². The van der Waals surface area contributed by atoms with Gasteiger partial charge in [-0.25, -0.2) is 8.78 Å². The van der Waals surface area contributed by atoms with Crippen molar-refractivity contribution in [2.45, 2.75) is 33.1 Å². The smallest absolute Gasteiger partial charge is 0.291 e. The van der Waals surface area contributed by atoms with Crippen LogP contribution in [0.15, 0.2) is 0 Å². The molecule has 0 saturated heterocycles. The van der Waals surface area contributed by atoms with Gasteiger partial charge >= 0.3 is 0 Å². The van der Waals surface area contributed by atoms with Gasteiger partial charge in [0, 0.05) is 6.42 Å². The molecule has 0 amide bonds. The van der Waals surface area contributed by atoms with Crippen LogP contribution in [0.4, 0.5) is 8.78 Å². The van der Waals surface area contributed by atoms with Crippen LogP contribution < -0.4 is 5.32 Å². The Balaban J connectivity index is 2.17. The number of hydrogen-bond acceptors (Lipinski definition) is 4. The van der Waals surface area contributed by atoms with E-state index in [-0.39, 0.29) is 5.01 Å². The maximum Gasteiger partial charge on any atom is 0.291 e. The molecule has 1 aromatic heterocycles. The Hall–Kier alpha value is -0.620. The van der Waals surface area contributed by atoms with Gasteiger partial charge < -0.3 is 5.32 Å². The first-order chi connectivity index (χ1) is 7.59. The van der Waals surface area contributed by atoms with Gasteiger partial charge in [0.2, 0.25) is 0 Å². The largest absolute Gasteiger partial charge is 0.316 e. The average molecular weight is 249 g/mol. The summed E-state index contributed by atoms with van der Waals surface area (Å²) in [4.78, 5) is 0. The predicted octanol–water partition coefficient (Wildman–Crippen LogP) is 2.65. The van der Waals surface area contributed by atoms with Crippen molar-refractivity contribution in [3.63, 3.8) is 0 Å². The summed E-state index contributed by atoms with van der Waals surface area (Å²) in [6.07, 6.45) is -0.870. The molecule has 3 nitrogen and oxygen atoms in total. The topological polar surface area (TPSA) is 37.8 Å². The Labute approximate surface area is 98.3 Å². The van der Waals surface area contributed by atoms with Gasteiger partial charge in [0.05, 0.1) is 0 Å². The van der Waals surface area contributed by atoms with E-state index in [1.54, 1.807) is 0 Å². The Morgan fingerprint density at radius 1 is 1.31 bits per heavy atom. The van der Waals surface area contributed by atoms with E-state index in [1.165, 1.54) is 0 Å². The molecule has 1 heterocycles. The van der Waals surface area contributed by atoms with Crippen LogP contribution in [0.3, 0.4) is 0 Å². The molecule has 0 aliphatic carbocycles. The standard InChI is InChI=1S/C10H17F2N3S/c1-7(2)6-13-5-3-4-8-14-15-10(16-8)9(11)12/h7,9,13H,3-6H2,1-2H3. The van der Waals surface area contributed by atoms with Crippen molar-refractivity contribution in [3.8, 4) is 0 Å². The number of halogens is 2. The van der Waals surface area contributed by atoms with E-state index in [0.717, 1.165) is 37.3 Å². The lowest BCUT2D eigenvalue weighted by Crippen LogP contribution is -2.21.